The minimum absolute atomic E-state index is 0.0283. The number of benzene rings is 1. The fourth-order valence-electron chi connectivity index (χ4n) is 1.34. The lowest BCUT2D eigenvalue weighted by molar-refractivity contribution is -0.384. The maximum absolute atomic E-state index is 11.0. The smallest absolute Gasteiger partial charge is 0.258 e. The number of halogens is 1. The van der Waals surface area contributed by atoms with Crippen molar-refractivity contribution in [3.63, 3.8) is 0 Å². The molecule has 19 heavy (non-hydrogen) atoms. The summed E-state index contributed by atoms with van der Waals surface area (Å²) in [4.78, 5) is 13.8. The van der Waals surface area contributed by atoms with Gasteiger partial charge >= 0.3 is 0 Å². The Balaban J connectivity index is 2.60. The molecule has 1 aromatic heterocycles. The van der Waals surface area contributed by atoms with E-state index in [0.717, 1.165) is 6.07 Å². The first-order valence-corrected chi connectivity index (χ1v) is 6.61. The Morgan fingerprint density at radius 2 is 2.11 bits per heavy atom. The van der Waals surface area contributed by atoms with E-state index in [4.69, 9.17) is 16.7 Å². The van der Waals surface area contributed by atoms with Gasteiger partial charge in [0.15, 0.2) is 5.82 Å². The van der Waals surface area contributed by atoms with Crippen LogP contribution in [0.5, 0.6) is 0 Å². The molecule has 0 fully saturated rings. The van der Waals surface area contributed by atoms with Crippen LogP contribution >= 0.6 is 11.6 Å². The number of nitro benzene ring substituents is 1. The number of hydrogen-bond donors (Lipinski definition) is 2. The lowest BCUT2D eigenvalue weighted by atomic mass is 10.2. The zero-order valence-electron chi connectivity index (χ0n) is 9.07. The third kappa shape index (κ3) is 2.70. The van der Waals surface area contributed by atoms with Crippen LogP contribution in [0.25, 0.3) is 11.4 Å². The first-order valence-electron chi connectivity index (χ1n) is 4.68. The Bertz CT molecular complexity index is 756. The van der Waals surface area contributed by atoms with Gasteiger partial charge in [0.2, 0.25) is 0 Å². The van der Waals surface area contributed by atoms with Crippen LogP contribution in [0, 0.1) is 10.1 Å². The highest BCUT2D eigenvalue weighted by atomic mass is 35.5. The summed E-state index contributed by atoms with van der Waals surface area (Å²) >= 11 is 5.66. The van der Waals surface area contributed by atoms with Crippen LogP contribution in [-0.4, -0.2) is 28.5 Å². The minimum atomic E-state index is -4.06. The second-order valence-corrected chi connectivity index (χ2v) is 5.34. The highest BCUT2D eigenvalue weighted by molar-refractivity contribution is 7.89. The summed E-state index contributed by atoms with van der Waals surface area (Å²) in [5.41, 5.74) is -0.312. The molecule has 0 bridgehead atoms. The Morgan fingerprint density at radius 3 is 2.63 bits per heavy atom. The minimum Gasteiger partial charge on any atom is -0.258 e. The van der Waals surface area contributed by atoms with Crippen molar-refractivity contribution in [1.29, 1.82) is 0 Å². The van der Waals surface area contributed by atoms with Gasteiger partial charge < -0.3 is 0 Å². The first kappa shape index (κ1) is 13.4. The van der Waals surface area contributed by atoms with Crippen LogP contribution in [-0.2, 0) is 10.0 Å². The van der Waals surface area contributed by atoms with Crippen LogP contribution in [0.4, 0.5) is 5.69 Å². The monoisotopic (exact) mass is 303 g/mol. The molecule has 100 valence electrons. The summed E-state index contributed by atoms with van der Waals surface area (Å²) in [6.45, 7) is 0. The molecule has 0 atom stereocenters. The lowest BCUT2D eigenvalue weighted by Gasteiger charge is -1.98. The fraction of sp³-hybridized carbons (Fsp3) is 0. The van der Waals surface area contributed by atoms with Crippen LogP contribution in [0.15, 0.2) is 23.4 Å². The number of aromatic amines is 1. The molecule has 0 spiro atoms. The number of nitro groups is 1. The van der Waals surface area contributed by atoms with Gasteiger partial charge in [-0.1, -0.05) is 11.6 Å². The Kier molecular flexibility index (Phi) is 3.22. The van der Waals surface area contributed by atoms with E-state index < -0.39 is 20.1 Å². The third-order valence-electron chi connectivity index (χ3n) is 2.13. The van der Waals surface area contributed by atoms with Crippen molar-refractivity contribution in [3.05, 3.63) is 33.3 Å². The van der Waals surface area contributed by atoms with E-state index in [9.17, 15) is 18.5 Å². The molecule has 0 unspecified atom stereocenters. The molecule has 0 saturated heterocycles. The molecule has 0 radical (unpaired) electrons. The number of rotatable bonds is 3. The second-order valence-electron chi connectivity index (χ2n) is 3.43. The number of H-pyrrole nitrogens is 1. The molecule has 0 aliphatic heterocycles. The van der Waals surface area contributed by atoms with Crippen LogP contribution < -0.4 is 5.14 Å². The molecule has 1 aromatic carbocycles. The number of aromatic nitrogens is 3. The number of primary sulfonamides is 1. The number of sulfonamides is 1. The molecule has 0 aliphatic carbocycles. The van der Waals surface area contributed by atoms with Gasteiger partial charge in [-0.2, -0.15) is 10.1 Å². The molecule has 2 aromatic rings. The molecule has 3 N–H and O–H groups in total. The summed E-state index contributed by atoms with van der Waals surface area (Å²) in [6, 6.07) is 3.83. The number of nitrogens with one attached hydrogen (secondary N) is 1. The number of nitrogens with two attached hydrogens (primary N) is 1. The van der Waals surface area contributed by atoms with E-state index in [-0.39, 0.29) is 22.1 Å². The van der Waals surface area contributed by atoms with Gasteiger partial charge in [0, 0.05) is 11.1 Å². The summed E-state index contributed by atoms with van der Waals surface area (Å²) < 4.78 is 22.1. The van der Waals surface area contributed by atoms with Crippen molar-refractivity contribution in [3.8, 4) is 11.4 Å². The largest absolute Gasteiger partial charge is 0.281 e. The predicted molar refractivity (Wildman–Crippen MR) is 64.9 cm³/mol. The molecule has 9 nitrogen and oxygen atoms in total. The first-order chi connectivity index (χ1) is 8.79. The summed E-state index contributed by atoms with van der Waals surface area (Å²) in [5.74, 6) is -0.160. The Morgan fingerprint density at radius 1 is 1.42 bits per heavy atom. The zero-order valence-corrected chi connectivity index (χ0v) is 10.6. The van der Waals surface area contributed by atoms with E-state index in [1.54, 1.807) is 0 Å². The molecular weight excluding hydrogens is 298 g/mol. The number of nitrogens with zero attached hydrogens (tertiary/aromatic N) is 3. The molecular formula is C8H6ClN5O4S. The Labute approximate surface area is 111 Å². The van der Waals surface area contributed by atoms with E-state index >= 15 is 0 Å². The zero-order chi connectivity index (χ0) is 14.2. The number of hydrogen-bond acceptors (Lipinski definition) is 6. The molecule has 0 amide bonds. The van der Waals surface area contributed by atoms with Gasteiger partial charge in [0.25, 0.3) is 20.9 Å². The van der Waals surface area contributed by atoms with Crippen molar-refractivity contribution in [2.24, 2.45) is 5.14 Å². The molecule has 11 heteroatoms. The molecule has 0 saturated carbocycles. The van der Waals surface area contributed by atoms with Crippen molar-refractivity contribution in [2.45, 2.75) is 5.16 Å². The maximum atomic E-state index is 11.0. The SMILES string of the molecule is NS(=O)(=O)c1nc(-c2ccc(Cl)cc2[N+](=O)[O-])n[nH]1. The molecule has 2 rings (SSSR count). The van der Waals surface area contributed by atoms with Gasteiger partial charge in [-0.05, 0) is 12.1 Å². The standard InChI is InChI=1S/C8H6ClN5O4S/c9-4-1-2-5(6(3-4)14(15)16)7-11-8(13-12-7)19(10,17)18/h1-3H,(H2,10,17,18)(H,11,12,13). The molecule has 0 aliphatic rings. The van der Waals surface area contributed by atoms with Crippen molar-refractivity contribution in [1.82, 2.24) is 15.2 Å². The Hall–Kier alpha value is -2.04. The van der Waals surface area contributed by atoms with E-state index in [0.29, 0.717) is 0 Å². The van der Waals surface area contributed by atoms with E-state index in [1.165, 1.54) is 12.1 Å². The van der Waals surface area contributed by atoms with Gasteiger partial charge in [0.05, 0.1) is 10.5 Å². The lowest BCUT2D eigenvalue weighted by Crippen LogP contribution is -2.13. The van der Waals surface area contributed by atoms with Crippen LogP contribution in [0.3, 0.4) is 0 Å². The van der Waals surface area contributed by atoms with Crippen LogP contribution in [0.2, 0.25) is 5.02 Å². The van der Waals surface area contributed by atoms with Gasteiger partial charge in [-0.25, -0.2) is 18.7 Å². The van der Waals surface area contributed by atoms with E-state index in [2.05, 4.69) is 15.2 Å². The highest BCUT2D eigenvalue weighted by Gasteiger charge is 2.22. The average molecular weight is 304 g/mol. The van der Waals surface area contributed by atoms with E-state index in [1.807, 2.05) is 0 Å². The average Bonchev–Trinajstić information content (AvgIpc) is 2.77. The highest BCUT2D eigenvalue weighted by Crippen LogP contribution is 2.30. The topological polar surface area (TPSA) is 145 Å². The van der Waals surface area contributed by atoms with Gasteiger partial charge in [0.1, 0.15) is 0 Å². The third-order valence-corrected chi connectivity index (χ3v) is 3.09. The fourth-order valence-corrected chi connectivity index (χ4v) is 1.89. The van der Waals surface area contributed by atoms with Crippen LogP contribution in [0.1, 0.15) is 0 Å². The maximum Gasteiger partial charge on any atom is 0.281 e. The second kappa shape index (κ2) is 4.57. The summed E-state index contributed by atoms with van der Waals surface area (Å²) in [7, 11) is -4.06. The van der Waals surface area contributed by atoms with Crippen molar-refractivity contribution >= 4 is 27.3 Å². The summed E-state index contributed by atoms with van der Waals surface area (Å²) in [5, 5.41) is 21.0. The van der Waals surface area contributed by atoms with Gasteiger partial charge in [-0.3, -0.25) is 10.1 Å². The van der Waals surface area contributed by atoms with Crippen molar-refractivity contribution in [2.75, 3.05) is 0 Å². The summed E-state index contributed by atoms with van der Waals surface area (Å²) in [6.07, 6.45) is 0. The quantitative estimate of drug-likeness (QED) is 0.630. The normalized spacial score (nSPS) is 11.5. The van der Waals surface area contributed by atoms with Crippen molar-refractivity contribution < 1.29 is 13.3 Å². The molecule has 1 heterocycles. The van der Waals surface area contributed by atoms with Gasteiger partial charge in [-0.15, -0.1) is 0 Å². The predicted octanol–water partition coefficient (Wildman–Crippen LogP) is 0.681.